The van der Waals surface area contributed by atoms with Gasteiger partial charge in [-0.3, -0.25) is 9.59 Å². The molecule has 1 aromatic heterocycles. The Labute approximate surface area is 173 Å². The molecule has 0 atom stereocenters. The highest BCUT2D eigenvalue weighted by Crippen LogP contribution is 2.14. The number of rotatable bonds is 9. The maximum atomic E-state index is 12.1. The number of aryl methyl sites for hydroxylation is 1. The zero-order valence-corrected chi connectivity index (χ0v) is 16.9. The molecular formula is C22H22N2O4S. The largest absolute Gasteiger partial charge is 0.493 e. The summed E-state index contributed by atoms with van der Waals surface area (Å²) in [7, 11) is 0. The molecule has 0 aliphatic rings. The van der Waals surface area contributed by atoms with E-state index in [-0.39, 0.29) is 37.9 Å². The molecule has 1 heterocycles. The summed E-state index contributed by atoms with van der Waals surface area (Å²) in [6, 6.07) is 16.9. The maximum Gasteiger partial charge on any atom is 0.309 e. The van der Waals surface area contributed by atoms with Crippen molar-refractivity contribution in [3.63, 3.8) is 0 Å². The first kappa shape index (κ1) is 20.5. The van der Waals surface area contributed by atoms with Crippen LogP contribution in [0.1, 0.15) is 22.7 Å². The predicted molar refractivity (Wildman–Crippen MR) is 112 cm³/mol. The first-order chi connectivity index (χ1) is 14.1. The number of amides is 1. The lowest BCUT2D eigenvalue weighted by Gasteiger charge is -2.06. The fourth-order valence-corrected chi connectivity index (χ4v) is 3.25. The average Bonchev–Trinajstić information content (AvgIpc) is 3.16. The Morgan fingerprint density at radius 3 is 2.59 bits per heavy atom. The number of hydrogen-bond acceptors (Lipinski definition) is 6. The van der Waals surface area contributed by atoms with Gasteiger partial charge < -0.3 is 14.8 Å². The number of ether oxygens (including phenoxy) is 2. The molecule has 3 rings (SSSR count). The van der Waals surface area contributed by atoms with E-state index in [0.717, 1.165) is 11.3 Å². The van der Waals surface area contributed by atoms with Gasteiger partial charge in [-0.25, -0.2) is 4.98 Å². The van der Waals surface area contributed by atoms with Gasteiger partial charge in [0.15, 0.2) is 0 Å². The first-order valence-electron chi connectivity index (χ1n) is 9.22. The number of esters is 1. The van der Waals surface area contributed by atoms with Crippen LogP contribution in [0, 0.1) is 6.92 Å². The van der Waals surface area contributed by atoms with E-state index in [4.69, 9.17) is 9.47 Å². The number of carbonyl (C=O) groups excluding carboxylic acids is 2. The molecule has 29 heavy (non-hydrogen) atoms. The summed E-state index contributed by atoms with van der Waals surface area (Å²) in [5.41, 5.74) is 2.52. The Kier molecular flexibility index (Phi) is 7.35. The number of thiazole rings is 1. The van der Waals surface area contributed by atoms with Gasteiger partial charge in [0.2, 0.25) is 5.91 Å². The fourth-order valence-electron chi connectivity index (χ4n) is 2.47. The van der Waals surface area contributed by atoms with Crippen molar-refractivity contribution < 1.29 is 19.1 Å². The second-order valence-electron chi connectivity index (χ2n) is 6.40. The molecule has 0 aliphatic carbocycles. The van der Waals surface area contributed by atoms with E-state index in [2.05, 4.69) is 10.3 Å². The molecule has 3 aromatic rings. The second kappa shape index (κ2) is 10.4. The van der Waals surface area contributed by atoms with Crippen LogP contribution in [0.5, 0.6) is 5.75 Å². The van der Waals surface area contributed by atoms with Crippen LogP contribution in [0.3, 0.4) is 0 Å². The van der Waals surface area contributed by atoms with Gasteiger partial charge in [-0.2, -0.15) is 0 Å². The van der Waals surface area contributed by atoms with Crippen LogP contribution >= 0.6 is 11.3 Å². The quantitative estimate of drug-likeness (QED) is 0.537. The number of para-hydroxylation sites is 1. The molecule has 150 valence electrons. The molecule has 1 amide bonds. The van der Waals surface area contributed by atoms with Crippen LogP contribution in [0.25, 0.3) is 0 Å². The third-order valence-electron chi connectivity index (χ3n) is 3.95. The number of nitrogens with one attached hydrogen (secondary N) is 1. The molecule has 0 unspecified atom stereocenters. The Hall–Kier alpha value is -3.19. The molecule has 0 aliphatic heterocycles. The van der Waals surface area contributed by atoms with E-state index in [9.17, 15) is 9.59 Å². The van der Waals surface area contributed by atoms with Crippen molar-refractivity contribution in [1.82, 2.24) is 4.98 Å². The van der Waals surface area contributed by atoms with E-state index in [1.54, 1.807) is 5.38 Å². The van der Waals surface area contributed by atoms with Crippen LogP contribution in [0.2, 0.25) is 0 Å². The lowest BCUT2D eigenvalue weighted by molar-refractivity contribution is -0.145. The van der Waals surface area contributed by atoms with Crippen LogP contribution < -0.4 is 10.1 Å². The minimum Gasteiger partial charge on any atom is -0.493 e. The van der Waals surface area contributed by atoms with Crippen molar-refractivity contribution >= 4 is 28.9 Å². The minimum absolute atomic E-state index is 0.0836. The monoisotopic (exact) mass is 410 g/mol. The van der Waals surface area contributed by atoms with Gasteiger partial charge in [0, 0.05) is 11.1 Å². The number of nitrogens with zero attached hydrogens (tertiary/aromatic N) is 1. The highest BCUT2D eigenvalue weighted by molar-refractivity contribution is 7.09. The molecule has 0 saturated carbocycles. The van der Waals surface area contributed by atoms with Crippen LogP contribution in [0.15, 0.2) is 60.0 Å². The highest BCUT2D eigenvalue weighted by atomic mass is 32.1. The van der Waals surface area contributed by atoms with Crippen molar-refractivity contribution in [3.8, 4) is 5.75 Å². The fraction of sp³-hybridized carbons (Fsp3) is 0.227. The molecular weight excluding hydrogens is 388 g/mol. The van der Waals surface area contributed by atoms with Crippen molar-refractivity contribution in [1.29, 1.82) is 0 Å². The van der Waals surface area contributed by atoms with Crippen LogP contribution in [0.4, 0.5) is 5.69 Å². The Balaban J connectivity index is 1.37. The first-order valence-corrected chi connectivity index (χ1v) is 10.1. The predicted octanol–water partition coefficient (Wildman–Crippen LogP) is 4.15. The van der Waals surface area contributed by atoms with Gasteiger partial charge in [0.05, 0.1) is 25.1 Å². The SMILES string of the molecule is Cc1ccc(NC(=O)Cc2nc(COC(=O)CCOc3ccccc3)cs2)cc1. The summed E-state index contributed by atoms with van der Waals surface area (Å²) in [6.07, 6.45) is 0.336. The van der Waals surface area contributed by atoms with E-state index in [0.29, 0.717) is 16.5 Å². The number of anilines is 1. The van der Waals surface area contributed by atoms with Gasteiger partial charge in [0.1, 0.15) is 17.4 Å². The minimum atomic E-state index is -0.354. The zero-order valence-electron chi connectivity index (χ0n) is 16.1. The lowest BCUT2D eigenvalue weighted by Crippen LogP contribution is -2.14. The van der Waals surface area contributed by atoms with Crippen molar-refractivity contribution in [2.45, 2.75) is 26.4 Å². The van der Waals surface area contributed by atoms with Gasteiger partial charge in [-0.1, -0.05) is 35.9 Å². The number of aromatic nitrogens is 1. The molecule has 1 N–H and O–H groups in total. The van der Waals surface area contributed by atoms with Crippen molar-refractivity contribution in [2.75, 3.05) is 11.9 Å². The molecule has 0 spiro atoms. The van der Waals surface area contributed by atoms with Crippen LogP contribution in [-0.4, -0.2) is 23.5 Å². The standard InChI is InChI=1S/C22H22N2O4S/c1-16-7-9-17(10-8-16)23-20(25)13-21-24-18(15-29-21)14-28-22(26)11-12-27-19-5-3-2-4-6-19/h2-10,15H,11-14H2,1H3,(H,23,25). The molecule has 0 bridgehead atoms. The third-order valence-corrected chi connectivity index (χ3v) is 4.84. The average molecular weight is 410 g/mol. The highest BCUT2D eigenvalue weighted by Gasteiger charge is 2.10. The zero-order chi connectivity index (χ0) is 20.5. The molecule has 7 heteroatoms. The number of carbonyl (C=O) groups is 2. The second-order valence-corrected chi connectivity index (χ2v) is 7.34. The molecule has 0 saturated heterocycles. The summed E-state index contributed by atoms with van der Waals surface area (Å²) >= 11 is 1.37. The summed E-state index contributed by atoms with van der Waals surface area (Å²) < 4.78 is 10.7. The topological polar surface area (TPSA) is 77.5 Å². The summed E-state index contributed by atoms with van der Waals surface area (Å²) in [6.45, 7) is 2.33. The summed E-state index contributed by atoms with van der Waals surface area (Å²) in [5.74, 6) is 0.228. The third kappa shape index (κ3) is 7.04. The maximum absolute atomic E-state index is 12.1. The van der Waals surface area contributed by atoms with E-state index in [1.165, 1.54) is 11.3 Å². The lowest BCUT2D eigenvalue weighted by atomic mass is 10.2. The molecule has 0 radical (unpaired) electrons. The normalized spacial score (nSPS) is 10.4. The van der Waals surface area contributed by atoms with Gasteiger partial charge in [-0.05, 0) is 31.2 Å². The summed E-state index contributed by atoms with van der Waals surface area (Å²) in [4.78, 5) is 28.3. The molecule has 0 fully saturated rings. The molecule has 2 aromatic carbocycles. The Bertz CT molecular complexity index is 939. The van der Waals surface area contributed by atoms with Crippen molar-refractivity contribution in [3.05, 3.63) is 76.2 Å². The van der Waals surface area contributed by atoms with Crippen LogP contribution in [-0.2, 0) is 27.4 Å². The van der Waals surface area contributed by atoms with Gasteiger partial charge in [-0.15, -0.1) is 11.3 Å². The van der Waals surface area contributed by atoms with E-state index < -0.39 is 0 Å². The number of hydrogen-bond donors (Lipinski definition) is 1. The Morgan fingerprint density at radius 1 is 1.07 bits per heavy atom. The van der Waals surface area contributed by atoms with Gasteiger partial charge in [0.25, 0.3) is 0 Å². The number of benzene rings is 2. The van der Waals surface area contributed by atoms with E-state index in [1.807, 2.05) is 61.5 Å². The van der Waals surface area contributed by atoms with E-state index >= 15 is 0 Å². The van der Waals surface area contributed by atoms with Crippen molar-refractivity contribution in [2.24, 2.45) is 0 Å². The molecule has 6 nitrogen and oxygen atoms in total. The summed E-state index contributed by atoms with van der Waals surface area (Å²) in [5, 5.41) is 5.31. The Morgan fingerprint density at radius 2 is 1.83 bits per heavy atom. The smallest absolute Gasteiger partial charge is 0.309 e. The van der Waals surface area contributed by atoms with Gasteiger partial charge >= 0.3 is 5.97 Å².